The number of nitrogens with zero attached hydrogens (tertiary/aromatic N) is 2. The lowest BCUT2D eigenvalue weighted by atomic mass is 9.95. The molecule has 0 spiro atoms. The number of hydrogen-bond donors (Lipinski definition) is 2. The lowest BCUT2D eigenvalue weighted by Gasteiger charge is -2.29. The summed E-state index contributed by atoms with van der Waals surface area (Å²) in [5, 5.41) is 5.77. The maximum Gasteiger partial charge on any atom is 0.322 e. The highest BCUT2D eigenvalue weighted by molar-refractivity contribution is 6.35. The summed E-state index contributed by atoms with van der Waals surface area (Å²) in [5.74, 6) is -0.370. The summed E-state index contributed by atoms with van der Waals surface area (Å²) in [7, 11) is 1.47. The molecular formula is C20H15ClN4O5. The monoisotopic (exact) mass is 426 g/mol. The van der Waals surface area contributed by atoms with Gasteiger partial charge in [0.15, 0.2) is 5.54 Å². The Morgan fingerprint density at radius 1 is 1.30 bits per heavy atom. The molecule has 0 unspecified atom stereocenters. The molecule has 1 saturated heterocycles. The van der Waals surface area contributed by atoms with Crippen molar-refractivity contribution in [2.45, 2.75) is 12.1 Å². The highest BCUT2D eigenvalue weighted by Crippen LogP contribution is 2.38. The number of rotatable bonds is 4. The van der Waals surface area contributed by atoms with E-state index in [-0.39, 0.29) is 29.8 Å². The van der Waals surface area contributed by atoms with E-state index < -0.39 is 17.5 Å². The number of methoxy groups -OCH3 is 1. The molecule has 0 radical (unpaired) electrons. The minimum absolute atomic E-state index is 0.135. The minimum atomic E-state index is -1.58. The van der Waals surface area contributed by atoms with Crippen molar-refractivity contribution in [3.63, 3.8) is 0 Å². The zero-order valence-electron chi connectivity index (χ0n) is 15.7. The van der Waals surface area contributed by atoms with Gasteiger partial charge in [-0.1, -0.05) is 17.7 Å². The van der Waals surface area contributed by atoms with Gasteiger partial charge in [0.25, 0.3) is 11.8 Å². The second kappa shape index (κ2) is 6.46. The molecule has 152 valence electrons. The molecule has 1 atom stereocenters. The SMILES string of the molecule is COc1ccc2c(c1Cl)C(=O)N(C[C@@]1(c3cc4cnccc4o3)NC(=O)NC1=O)C2. The summed E-state index contributed by atoms with van der Waals surface area (Å²) in [6.07, 6.45) is 3.15. The van der Waals surface area contributed by atoms with Gasteiger partial charge < -0.3 is 19.4 Å². The van der Waals surface area contributed by atoms with E-state index in [2.05, 4.69) is 15.6 Å². The Kier molecular flexibility index (Phi) is 3.97. The molecule has 5 rings (SSSR count). The molecule has 2 aliphatic rings. The molecule has 0 bridgehead atoms. The number of aromatic nitrogens is 1. The first kappa shape index (κ1) is 18.4. The lowest BCUT2D eigenvalue weighted by molar-refractivity contribution is -0.125. The molecule has 2 N–H and O–H groups in total. The zero-order chi connectivity index (χ0) is 21.0. The van der Waals surface area contributed by atoms with Gasteiger partial charge in [-0.15, -0.1) is 0 Å². The summed E-state index contributed by atoms with van der Waals surface area (Å²) in [4.78, 5) is 43.5. The third kappa shape index (κ3) is 2.55. The van der Waals surface area contributed by atoms with Gasteiger partial charge in [0, 0.05) is 24.3 Å². The third-order valence-electron chi connectivity index (χ3n) is 5.38. The number of fused-ring (bicyclic) bond motifs is 2. The van der Waals surface area contributed by atoms with Crippen LogP contribution in [0, 0.1) is 0 Å². The molecule has 10 heteroatoms. The van der Waals surface area contributed by atoms with Crippen LogP contribution >= 0.6 is 11.6 Å². The summed E-state index contributed by atoms with van der Waals surface area (Å²) in [6.45, 7) is 0.0918. The van der Waals surface area contributed by atoms with E-state index in [9.17, 15) is 14.4 Å². The van der Waals surface area contributed by atoms with Crippen molar-refractivity contribution < 1.29 is 23.5 Å². The van der Waals surface area contributed by atoms with Crippen LogP contribution in [0.2, 0.25) is 5.02 Å². The van der Waals surface area contributed by atoms with Crippen molar-refractivity contribution >= 4 is 40.4 Å². The van der Waals surface area contributed by atoms with E-state index in [0.29, 0.717) is 27.8 Å². The summed E-state index contributed by atoms with van der Waals surface area (Å²) in [6, 6.07) is 6.07. The highest BCUT2D eigenvalue weighted by atomic mass is 35.5. The van der Waals surface area contributed by atoms with E-state index in [1.54, 1.807) is 36.7 Å². The predicted molar refractivity (Wildman–Crippen MR) is 105 cm³/mol. The molecule has 4 amide bonds. The van der Waals surface area contributed by atoms with Crippen LogP contribution in [-0.4, -0.2) is 41.4 Å². The van der Waals surface area contributed by atoms with Gasteiger partial charge in [-0.25, -0.2) is 4.79 Å². The second-order valence-electron chi connectivity index (χ2n) is 7.11. The quantitative estimate of drug-likeness (QED) is 0.618. The minimum Gasteiger partial charge on any atom is -0.495 e. The number of carbonyl (C=O) groups excluding carboxylic acids is 3. The van der Waals surface area contributed by atoms with E-state index in [1.807, 2.05) is 0 Å². The topological polar surface area (TPSA) is 114 Å². The Bertz CT molecular complexity index is 1210. The smallest absolute Gasteiger partial charge is 0.322 e. The van der Waals surface area contributed by atoms with Gasteiger partial charge >= 0.3 is 6.03 Å². The lowest BCUT2D eigenvalue weighted by Crippen LogP contribution is -2.52. The predicted octanol–water partition coefficient (Wildman–Crippen LogP) is 2.18. The van der Waals surface area contributed by atoms with Crippen LogP contribution in [0.15, 0.2) is 41.1 Å². The molecule has 2 aromatic heterocycles. The fraction of sp³-hybridized carbons (Fsp3) is 0.200. The first-order chi connectivity index (χ1) is 14.4. The Hall–Kier alpha value is -3.59. The van der Waals surface area contributed by atoms with Gasteiger partial charge in [-0.3, -0.25) is 19.9 Å². The number of benzene rings is 1. The van der Waals surface area contributed by atoms with Crippen LogP contribution in [0.1, 0.15) is 21.7 Å². The van der Waals surface area contributed by atoms with Crippen molar-refractivity contribution in [2.75, 3.05) is 13.7 Å². The number of amides is 4. The molecule has 9 nitrogen and oxygen atoms in total. The second-order valence-corrected chi connectivity index (χ2v) is 7.49. The van der Waals surface area contributed by atoms with Gasteiger partial charge in [-0.2, -0.15) is 0 Å². The fourth-order valence-corrected chi connectivity index (χ4v) is 4.26. The third-order valence-corrected chi connectivity index (χ3v) is 5.76. The van der Waals surface area contributed by atoms with Gasteiger partial charge in [0.05, 0.1) is 24.2 Å². The fourth-order valence-electron chi connectivity index (χ4n) is 3.92. The molecule has 30 heavy (non-hydrogen) atoms. The van der Waals surface area contributed by atoms with E-state index in [0.717, 1.165) is 0 Å². The number of hydrogen-bond acceptors (Lipinski definition) is 6. The number of nitrogens with one attached hydrogen (secondary N) is 2. The number of ether oxygens (including phenoxy) is 1. The molecule has 0 aliphatic carbocycles. The van der Waals surface area contributed by atoms with Crippen LogP contribution < -0.4 is 15.4 Å². The average molecular weight is 427 g/mol. The summed E-state index contributed by atoms with van der Waals surface area (Å²) >= 11 is 6.34. The molecule has 0 saturated carbocycles. The zero-order valence-corrected chi connectivity index (χ0v) is 16.4. The number of imide groups is 1. The van der Waals surface area contributed by atoms with Crippen LogP contribution in [-0.2, 0) is 16.9 Å². The van der Waals surface area contributed by atoms with Crippen LogP contribution in [0.3, 0.4) is 0 Å². The molecular weight excluding hydrogens is 412 g/mol. The van der Waals surface area contributed by atoms with Crippen LogP contribution in [0.4, 0.5) is 4.79 Å². The maximum atomic E-state index is 13.1. The normalized spacial score (nSPS) is 20.5. The van der Waals surface area contributed by atoms with E-state index in [4.69, 9.17) is 20.8 Å². The first-order valence-electron chi connectivity index (χ1n) is 9.05. The van der Waals surface area contributed by atoms with Crippen LogP contribution in [0.25, 0.3) is 11.0 Å². The summed E-state index contributed by atoms with van der Waals surface area (Å²) < 4.78 is 11.1. The largest absolute Gasteiger partial charge is 0.495 e. The number of pyridine rings is 1. The van der Waals surface area contributed by atoms with Gasteiger partial charge in [0.1, 0.15) is 17.1 Å². The molecule has 3 aromatic rings. The number of furan rings is 1. The van der Waals surface area contributed by atoms with E-state index >= 15 is 0 Å². The van der Waals surface area contributed by atoms with Crippen molar-refractivity contribution in [1.82, 2.24) is 20.5 Å². The first-order valence-corrected chi connectivity index (χ1v) is 9.43. The van der Waals surface area contributed by atoms with Crippen molar-refractivity contribution in [3.05, 3.63) is 58.6 Å². The Morgan fingerprint density at radius 2 is 2.13 bits per heavy atom. The average Bonchev–Trinajstić information content (AvgIpc) is 3.37. The van der Waals surface area contributed by atoms with Gasteiger partial charge in [-0.05, 0) is 23.8 Å². The maximum absolute atomic E-state index is 13.1. The Morgan fingerprint density at radius 3 is 2.83 bits per heavy atom. The number of urea groups is 1. The standard InChI is InChI=1S/C20H15ClN4O5/c1-29-13-3-2-10-8-25(17(26)15(10)16(13)21)9-20(18(27)23-19(28)24-20)14-6-11-7-22-5-4-12(11)30-14/h2-7H,8-9H2,1H3,(H2,23,24,27,28)/t20-/m0/s1. The van der Waals surface area contributed by atoms with Crippen molar-refractivity contribution in [2.24, 2.45) is 0 Å². The van der Waals surface area contributed by atoms with Crippen molar-refractivity contribution in [3.8, 4) is 5.75 Å². The van der Waals surface area contributed by atoms with E-state index in [1.165, 1.54) is 12.0 Å². The molecule has 1 aromatic carbocycles. The Balaban J connectivity index is 1.56. The highest BCUT2D eigenvalue weighted by Gasteiger charge is 2.53. The number of halogens is 1. The molecule has 2 aliphatic heterocycles. The molecule has 4 heterocycles. The Labute approximate surface area is 174 Å². The number of carbonyl (C=O) groups is 3. The van der Waals surface area contributed by atoms with Crippen molar-refractivity contribution in [1.29, 1.82) is 0 Å². The van der Waals surface area contributed by atoms with Gasteiger partial charge in [0.2, 0.25) is 0 Å². The van der Waals surface area contributed by atoms with Crippen LogP contribution in [0.5, 0.6) is 5.75 Å². The molecule has 1 fully saturated rings. The summed E-state index contributed by atoms with van der Waals surface area (Å²) in [5.41, 5.74) is -0.0361.